The monoisotopic (exact) mass is 284 g/mol. The van der Waals surface area contributed by atoms with E-state index in [1.807, 2.05) is 0 Å². The molecule has 0 unspecified atom stereocenters. The third-order valence-corrected chi connectivity index (χ3v) is 5.75. The van der Waals surface area contributed by atoms with Crippen LogP contribution in [0.15, 0.2) is 28.0 Å². The van der Waals surface area contributed by atoms with Gasteiger partial charge in [-0.05, 0) is 24.3 Å². The number of sulfonamides is 1. The molecule has 0 radical (unpaired) electrons. The van der Waals surface area contributed by atoms with Crippen LogP contribution in [0.25, 0.3) is 0 Å². The summed E-state index contributed by atoms with van der Waals surface area (Å²) < 4.78 is 29.1. The van der Waals surface area contributed by atoms with Gasteiger partial charge in [-0.25, -0.2) is 18.1 Å². The van der Waals surface area contributed by atoms with Gasteiger partial charge >= 0.3 is 0 Å². The topological polar surface area (TPSA) is 76.9 Å². The minimum Gasteiger partial charge on any atom is -0.248 e. The normalized spacial score (nSPS) is 19.7. The number of rotatable bonds is 3. The SMILES string of the molecule is O=S(=O)(N[C@@H]1CCCn2ncnc21)c1cccs1. The van der Waals surface area contributed by atoms with Gasteiger partial charge in [0.05, 0.1) is 6.04 Å². The number of hydrogen-bond acceptors (Lipinski definition) is 5. The van der Waals surface area contributed by atoms with Crippen LogP contribution in [0, 0.1) is 0 Å². The first-order valence-electron chi connectivity index (χ1n) is 5.60. The van der Waals surface area contributed by atoms with Crippen LogP contribution in [0.1, 0.15) is 24.7 Å². The Hall–Kier alpha value is -1.25. The van der Waals surface area contributed by atoms with Gasteiger partial charge in [0.15, 0.2) is 0 Å². The Bertz CT molecular complexity index is 633. The number of aromatic nitrogens is 3. The Morgan fingerprint density at radius 1 is 1.50 bits per heavy atom. The molecule has 2 aromatic heterocycles. The summed E-state index contributed by atoms with van der Waals surface area (Å²) in [6, 6.07) is 3.04. The van der Waals surface area contributed by atoms with Crippen LogP contribution in [-0.4, -0.2) is 23.2 Å². The minimum atomic E-state index is -3.45. The molecule has 1 aliphatic rings. The maximum Gasteiger partial charge on any atom is 0.250 e. The Morgan fingerprint density at radius 2 is 2.39 bits per heavy atom. The smallest absolute Gasteiger partial charge is 0.248 e. The molecular formula is C10H12N4O2S2. The highest BCUT2D eigenvalue weighted by Crippen LogP contribution is 2.25. The fourth-order valence-corrected chi connectivity index (χ4v) is 4.30. The van der Waals surface area contributed by atoms with E-state index in [0.29, 0.717) is 10.0 Å². The molecule has 3 heterocycles. The van der Waals surface area contributed by atoms with Crippen molar-refractivity contribution in [1.29, 1.82) is 0 Å². The summed E-state index contributed by atoms with van der Waals surface area (Å²) in [5.74, 6) is 0.696. The maximum absolute atomic E-state index is 12.1. The second-order valence-corrected chi connectivity index (χ2v) is 6.98. The van der Waals surface area contributed by atoms with Crippen molar-refractivity contribution in [3.8, 4) is 0 Å². The molecule has 1 atom stereocenters. The molecule has 0 spiro atoms. The zero-order valence-electron chi connectivity index (χ0n) is 9.48. The van der Waals surface area contributed by atoms with Gasteiger partial charge in [0.1, 0.15) is 16.4 Å². The lowest BCUT2D eigenvalue weighted by atomic mass is 10.1. The van der Waals surface area contributed by atoms with Crippen LogP contribution in [0.2, 0.25) is 0 Å². The number of nitrogens with one attached hydrogen (secondary N) is 1. The molecule has 1 aliphatic heterocycles. The van der Waals surface area contributed by atoms with Gasteiger partial charge in [-0.2, -0.15) is 9.82 Å². The number of aryl methyl sites for hydroxylation is 1. The molecule has 0 aliphatic carbocycles. The lowest BCUT2D eigenvalue weighted by molar-refractivity contribution is 0.400. The minimum absolute atomic E-state index is 0.284. The van der Waals surface area contributed by atoms with E-state index in [9.17, 15) is 8.42 Å². The van der Waals surface area contributed by atoms with E-state index >= 15 is 0 Å². The average Bonchev–Trinajstić information content (AvgIpc) is 3.00. The van der Waals surface area contributed by atoms with E-state index in [0.717, 1.165) is 19.4 Å². The van der Waals surface area contributed by atoms with E-state index in [1.54, 1.807) is 22.2 Å². The molecule has 96 valence electrons. The van der Waals surface area contributed by atoms with E-state index in [2.05, 4.69) is 14.8 Å². The molecule has 0 amide bonds. The predicted molar refractivity (Wildman–Crippen MR) is 66.6 cm³/mol. The molecule has 0 aromatic carbocycles. The van der Waals surface area contributed by atoms with E-state index < -0.39 is 10.0 Å². The van der Waals surface area contributed by atoms with Gasteiger partial charge in [-0.1, -0.05) is 6.07 Å². The van der Waals surface area contributed by atoms with Crippen molar-refractivity contribution in [2.45, 2.75) is 29.6 Å². The highest BCUT2D eigenvalue weighted by atomic mass is 32.2. The summed E-state index contributed by atoms with van der Waals surface area (Å²) >= 11 is 1.21. The van der Waals surface area contributed by atoms with Crippen molar-refractivity contribution in [3.05, 3.63) is 29.7 Å². The third kappa shape index (κ3) is 2.06. The molecular weight excluding hydrogens is 272 g/mol. The fourth-order valence-electron chi connectivity index (χ4n) is 2.06. The van der Waals surface area contributed by atoms with E-state index in [4.69, 9.17) is 0 Å². The van der Waals surface area contributed by atoms with Crippen molar-refractivity contribution in [3.63, 3.8) is 0 Å². The van der Waals surface area contributed by atoms with Gasteiger partial charge in [0.2, 0.25) is 0 Å². The first kappa shape index (κ1) is 11.8. The van der Waals surface area contributed by atoms with Crippen molar-refractivity contribution in [2.75, 3.05) is 0 Å². The Kier molecular flexibility index (Phi) is 2.92. The Labute approximate surface area is 109 Å². The molecule has 0 saturated heterocycles. The van der Waals surface area contributed by atoms with Gasteiger partial charge in [0, 0.05) is 6.54 Å². The molecule has 0 fully saturated rings. The van der Waals surface area contributed by atoms with Gasteiger partial charge in [-0.3, -0.25) is 0 Å². The standard InChI is InChI=1S/C10H12N4O2S2/c15-18(16,9-4-2-6-17-9)13-8-3-1-5-14-10(8)11-7-12-14/h2,4,6-8,13H,1,3,5H2/t8-/m1/s1. The summed E-state index contributed by atoms with van der Waals surface area (Å²) in [6.07, 6.45) is 3.12. The molecule has 3 rings (SSSR count). The highest BCUT2D eigenvalue weighted by Gasteiger charge is 2.27. The van der Waals surface area contributed by atoms with Crippen LogP contribution in [-0.2, 0) is 16.6 Å². The first-order valence-corrected chi connectivity index (χ1v) is 7.97. The summed E-state index contributed by atoms with van der Waals surface area (Å²) in [6.45, 7) is 0.798. The molecule has 1 N–H and O–H groups in total. The van der Waals surface area contributed by atoms with E-state index in [-0.39, 0.29) is 6.04 Å². The van der Waals surface area contributed by atoms with Gasteiger partial charge < -0.3 is 0 Å². The Balaban J connectivity index is 1.87. The molecule has 8 heteroatoms. The largest absolute Gasteiger partial charge is 0.250 e. The first-order chi connectivity index (χ1) is 8.67. The van der Waals surface area contributed by atoms with Crippen LogP contribution >= 0.6 is 11.3 Å². The van der Waals surface area contributed by atoms with Crippen molar-refractivity contribution in [1.82, 2.24) is 19.5 Å². The third-order valence-electron chi connectivity index (χ3n) is 2.88. The number of nitrogens with zero attached hydrogens (tertiary/aromatic N) is 3. The fraction of sp³-hybridized carbons (Fsp3) is 0.400. The molecule has 2 aromatic rings. The number of fused-ring (bicyclic) bond motifs is 1. The van der Waals surface area contributed by atoms with Crippen molar-refractivity contribution < 1.29 is 8.42 Å². The zero-order chi connectivity index (χ0) is 12.6. The van der Waals surface area contributed by atoms with E-state index in [1.165, 1.54) is 17.7 Å². The van der Waals surface area contributed by atoms with Crippen molar-refractivity contribution >= 4 is 21.4 Å². The predicted octanol–water partition coefficient (Wildman–Crippen LogP) is 1.15. The molecule has 18 heavy (non-hydrogen) atoms. The lowest BCUT2D eigenvalue weighted by Gasteiger charge is -2.22. The van der Waals surface area contributed by atoms with Crippen molar-refractivity contribution in [2.24, 2.45) is 0 Å². The summed E-state index contributed by atoms with van der Waals surface area (Å²) in [5.41, 5.74) is 0. The summed E-state index contributed by atoms with van der Waals surface area (Å²) in [5, 5.41) is 5.82. The number of hydrogen-bond donors (Lipinski definition) is 1. The maximum atomic E-state index is 12.1. The van der Waals surface area contributed by atoms with Gasteiger partial charge in [0.25, 0.3) is 10.0 Å². The molecule has 6 nitrogen and oxygen atoms in total. The summed E-state index contributed by atoms with van der Waals surface area (Å²) in [7, 11) is -3.45. The summed E-state index contributed by atoms with van der Waals surface area (Å²) in [4.78, 5) is 4.13. The Morgan fingerprint density at radius 3 is 3.17 bits per heavy atom. The quantitative estimate of drug-likeness (QED) is 0.917. The molecule has 0 saturated carbocycles. The highest BCUT2D eigenvalue weighted by molar-refractivity contribution is 7.91. The zero-order valence-corrected chi connectivity index (χ0v) is 11.1. The molecule has 0 bridgehead atoms. The second-order valence-electron chi connectivity index (χ2n) is 4.09. The lowest BCUT2D eigenvalue weighted by Crippen LogP contribution is -2.33. The average molecular weight is 284 g/mol. The second kappa shape index (κ2) is 4.45. The van der Waals surface area contributed by atoms with Gasteiger partial charge in [-0.15, -0.1) is 11.3 Å². The van der Waals surface area contributed by atoms with Crippen LogP contribution in [0.5, 0.6) is 0 Å². The van der Waals surface area contributed by atoms with Crippen LogP contribution in [0.4, 0.5) is 0 Å². The van der Waals surface area contributed by atoms with Crippen LogP contribution < -0.4 is 4.72 Å². The van der Waals surface area contributed by atoms with Crippen LogP contribution in [0.3, 0.4) is 0 Å². The number of thiophene rings is 1.